The molecule has 3 aromatic rings. The van der Waals surface area contributed by atoms with Gasteiger partial charge in [-0.3, -0.25) is 0 Å². The van der Waals surface area contributed by atoms with E-state index in [1.807, 2.05) is 0 Å². The van der Waals surface area contributed by atoms with Gasteiger partial charge in [-0.15, -0.1) is 10.2 Å². The van der Waals surface area contributed by atoms with Gasteiger partial charge in [0, 0.05) is 18.1 Å². The third kappa shape index (κ3) is 4.49. The van der Waals surface area contributed by atoms with Gasteiger partial charge in [-0.1, -0.05) is 23.7 Å². The Hall–Kier alpha value is -2.29. The highest BCUT2D eigenvalue weighted by Crippen LogP contribution is 2.30. The topological polar surface area (TPSA) is 76.3 Å². The Morgan fingerprint density at radius 2 is 1.83 bits per heavy atom. The van der Waals surface area contributed by atoms with Crippen LogP contribution in [0.1, 0.15) is 36.1 Å². The molecule has 1 aromatic heterocycles. The molecule has 0 radical (unpaired) electrons. The van der Waals surface area contributed by atoms with Gasteiger partial charge in [0.2, 0.25) is 21.8 Å². The lowest BCUT2D eigenvalue weighted by Gasteiger charge is -2.30. The predicted octanol–water partition coefficient (Wildman–Crippen LogP) is 4.02. The monoisotopic (exact) mass is 435 g/mol. The standard InChI is InChI=1S/C20H19ClFN3O3S/c21-16-5-9-18(10-6-16)29(26,27)25-11-1-2-15(13-25)20-24-23-19(28-20)12-14-3-7-17(22)8-4-14/h3-10,15H,1-2,11-13H2/t15-/m0/s1. The SMILES string of the molecule is O=S(=O)(c1ccc(Cl)cc1)N1CCC[C@H](c2nnc(Cc3ccc(F)cc3)o2)C1. The Bertz CT molecular complexity index is 1080. The maximum Gasteiger partial charge on any atom is 0.243 e. The average molecular weight is 436 g/mol. The predicted molar refractivity (Wildman–Crippen MR) is 106 cm³/mol. The van der Waals surface area contributed by atoms with Crippen LogP contribution in [0.3, 0.4) is 0 Å². The molecular formula is C20H19ClFN3O3S. The molecule has 0 aliphatic carbocycles. The Balaban J connectivity index is 1.48. The molecule has 152 valence electrons. The number of rotatable bonds is 5. The lowest BCUT2D eigenvalue weighted by molar-refractivity contribution is 0.281. The lowest BCUT2D eigenvalue weighted by Crippen LogP contribution is -2.39. The van der Waals surface area contributed by atoms with Crippen molar-refractivity contribution in [1.82, 2.24) is 14.5 Å². The Morgan fingerprint density at radius 3 is 2.55 bits per heavy atom. The number of hydrogen-bond acceptors (Lipinski definition) is 5. The number of sulfonamides is 1. The van der Waals surface area contributed by atoms with Gasteiger partial charge in [-0.2, -0.15) is 4.31 Å². The summed E-state index contributed by atoms with van der Waals surface area (Å²) in [6, 6.07) is 12.2. The van der Waals surface area contributed by atoms with E-state index in [2.05, 4.69) is 10.2 Å². The Morgan fingerprint density at radius 1 is 1.10 bits per heavy atom. The van der Waals surface area contributed by atoms with Gasteiger partial charge >= 0.3 is 0 Å². The van der Waals surface area contributed by atoms with Crippen LogP contribution in [0.5, 0.6) is 0 Å². The van der Waals surface area contributed by atoms with Gasteiger partial charge in [-0.25, -0.2) is 12.8 Å². The summed E-state index contributed by atoms with van der Waals surface area (Å²) in [6.07, 6.45) is 1.87. The molecule has 0 spiro atoms. The molecule has 9 heteroatoms. The molecule has 6 nitrogen and oxygen atoms in total. The van der Waals surface area contributed by atoms with Gasteiger partial charge in [0.1, 0.15) is 5.82 Å². The van der Waals surface area contributed by atoms with Crippen LogP contribution in [0, 0.1) is 5.82 Å². The molecule has 0 N–H and O–H groups in total. The van der Waals surface area contributed by atoms with E-state index in [9.17, 15) is 12.8 Å². The van der Waals surface area contributed by atoms with Crippen LogP contribution in [-0.2, 0) is 16.4 Å². The Kier molecular flexibility index (Phi) is 5.67. The van der Waals surface area contributed by atoms with E-state index < -0.39 is 10.0 Å². The van der Waals surface area contributed by atoms with Crippen molar-refractivity contribution in [2.24, 2.45) is 0 Å². The van der Waals surface area contributed by atoms with Crippen LogP contribution in [0.15, 0.2) is 57.8 Å². The molecule has 4 rings (SSSR count). The summed E-state index contributed by atoms with van der Waals surface area (Å²) in [5.74, 6) is 0.381. The van der Waals surface area contributed by atoms with E-state index in [4.69, 9.17) is 16.0 Å². The first kappa shape index (κ1) is 20.0. The van der Waals surface area contributed by atoms with Crippen LogP contribution in [-0.4, -0.2) is 36.0 Å². The van der Waals surface area contributed by atoms with Crippen molar-refractivity contribution in [2.75, 3.05) is 13.1 Å². The van der Waals surface area contributed by atoms with Crippen molar-refractivity contribution in [3.8, 4) is 0 Å². The lowest BCUT2D eigenvalue weighted by atomic mass is 10.00. The molecule has 1 saturated heterocycles. The fraction of sp³-hybridized carbons (Fsp3) is 0.300. The zero-order chi connectivity index (χ0) is 20.4. The maximum absolute atomic E-state index is 13.0. The van der Waals surface area contributed by atoms with Crippen LogP contribution in [0.4, 0.5) is 4.39 Å². The molecule has 2 heterocycles. The van der Waals surface area contributed by atoms with E-state index >= 15 is 0 Å². The minimum absolute atomic E-state index is 0.166. The third-order valence-corrected chi connectivity index (χ3v) is 7.07. The molecule has 0 saturated carbocycles. The summed E-state index contributed by atoms with van der Waals surface area (Å²) in [7, 11) is -3.62. The average Bonchev–Trinajstić information content (AvgIpc) is 3.19. The number of nitrogens with zero attached hydrogens (tertiary/aromatic N) is 3. The first-order chi connectivity index (χ1) is 13.9. The first-order valence-corrected chi connectivity index (χ1v) is 11.1. The van der Waals surface area contributed by atoms with E-state index in [1.54, 1.807) is 24.3 Å². The highest BCUT2D eigenvalue weighted by molar-refractivity contribution is 7.89. The first-order valence-electron chi connectivity index (χ1n) is 9.24. The highest BCUT2D eigenvalue weighted by Gasteiger charge is 2.33. The number of hydrogen-bond donors (Lipinski definition) is 0. The second-order valence-corrected chi connectivity index (χ2v) is 9.37. The number of piperidine rings is 1. The normalized spacial score (nSPS) is 18.1. The Labute approximate surface area is 173 Å². The zero-order valence-electron chi connectivity index (χ0n) is 15.5. The molecule has 1 aliphatic rings. The van der Waals surface area contributed by atoms with Gasteiger partial charge in [0.25, 0.3) is 0 Å². The minimum Gasteiger partial charge on any atom is -0.425 e. The molecule has 1 atom stereocenters. The molecule has 0 bridgehead atoms. The maximum atomic E-state index is 13.0. The van der Waals surface area contributed by atoms with E-state index in [0.717, 1.165) is 12.0 Å². The molecular weight excluding hydrogens is 417 g/mol. The summed E-state index contributed by atoms with van der Waals surface area (Å²) >= 11 is 5.86. The van der Waals surface area contributed by atoms with Crippen LogP contribution < -0.4 is 0 Å². The fourth-order valence-corrected chi connectivity index (χ4v) is 5.05. The number of halogens is 2. The summed E-state index contributed by atoms with van der Waals surface area (Å²) in [5.41, 5.74) is 0.859. The van der Waals surface area contributed by atoms with E-state index in [-0.39, 0.29) is 23.2 Å². The highest BCUT2D eigenvalue weighted by atomic mass is 35.5. The van der Waals surface area contributed by atoms with Gasteiger partial charge in [0.15, 0.2) is 0 Å². The van der Waals surface area contributed by atoms with Crippen molar-refractivity contribution < 1.29 is 17.2 Å². The van der Waals surface area contributed by atoms with Crippen molar-refractivity contribution in [3.05, 3.63) is 76.7 Å². The zero-order valence-corrected chi connectivity index (χ0v) is 17.0. The molecule has 1 fully saturated rings. The van der Waals surface area contributed by atoms with E-state index in [0.29, 0.717) is 36.2 Å². The third-order valence-electron chi connectivity index (χ3n) is 4.94. The minimum atomic E-state index is -3.62. The van der Waals surface area contributed by atoms with Gasteiger partial charge in [-0.05, 0) is 54.8 Å². The second-order valence-electron chi connectivity index (χ2n) is 6.99. The van der Waals surface area contributed by atoms with Crippen molar-refractivity contribution >= 4 is 21.6 Å². The van der Waals surface area contributed by atoms with Gasteiger partial charge in [0.05, 0.1) is 17.2 Å². The van der Waals surface area contributed by atoms with Crippen molar-refractivity contribution in [2.45, 2.75) is 30.1 Å². The second kappa shape index (κ2) is 8.22. The molecule has 0 amide bonds. The quantitative estimate of drug-likeness (QED) is 0.605. The van der Waals surface area contributed by atoms with Crippen LogP contribution >= 0.6 is 11.6 Å². The van der Waals surface area contributed by atoms with Crippen LogP contribution in [0.2, 0.25) is 5.02 Å². The molecule has 29 heavy (non-hydrogen) atoms. The smallest absolute Gasteiger partial charge is 0.243 e. The summed E-state index contributed by atoms with van der Waals surface area (Å²) in [4.78, 5) is 0.213. The molecule has 2 aromatic carbocycles. The molecule has 0 unspecified atom stereocenters. The fourth-order valence-electron chi connectivity index (χ4n) is 3.40. The van der Waals surface area contributed by atoms with Crippen molar-refractivity contribution in [1.29, 1.82) is 0 Å². The number of benzene rings is 2. The molecule has 1 aliphatic heterocycles. The number of aromatic nitrogens is 2. The largest absolute Gasteiger partial charge is 0.425 e. The van der Waals surface area contributed by atoms with Crippen LogP contribution in [0.25, 0.3) is 0 Å². The van der Waals surface area contributed by atoms with Crippen molar-refractivity contribution in [3.63, 3.8) is 0 Å². The summed E-state index contributed by atoms with van der Waals surface area (Å²) < 4.78 is 46.1. The van der Waals surface area contributed by atoms with Gasteiger partial charge < -0.3 is 4.42 Å². The van der Waals surface area contributed by atoms with E-state index in [1.165, 1.54) is 28.6 Å². The summed E-state index contributed by atoms with van der Waals surface area (Å²) in [5, 5.41) is 8.68. The summed E-state index contributed by atoms with van der Waals surface area (Å²) in [6.45, 7) is 0.723.